The second-order valence-corrected chi connectivity index (χ2v) is 5.24. The van der Waals surface area contributed by atoms with Gasteiger partial charge in [-0.15, -0.1) is 0 Å². The number of hydrogen-bond donors (Lipinski definition) is 1. The summed E-state index contributed by atoms with van der Waals surface area (Å²) in [6.45, 7) is 10.00. The monoisotopic (exact) mass is 230 g/mol. The van der Waals surface area contributed by atoms with E-state index in [9.17, 15) is 5.11 Å². The molecule has 0 aromatic carbocycles. The topological polar surface area (TPSA) is 29.5 Å². The molecule has 0 aromatic rings. The van der Waals surface area contributed by atoms with Crippen LogP contribution in [0.5, 0.6) is 0 Å². The van der Waals surface area contributed by atoms with E-state index in [0.29, 0.717) is 18.4 Å². The number of aliphatic hydroxyl groups is 1. The number of unbranched alkanes of at least 4 members (excludes halogenated alkanes) is 1. The first kappa shape index (κ1) is 15.9. The number of ether oxygens (including phenoxy) is 1. The van der Waals surface area contributed by atoms with Crippen LogP contribution in [0.2, 0.25) is 0 Å². The molecule has 0 aliphatic carbocycles. The largest absolute Gasteiger partial charge is 0.391 e. The third-order valence-corrected chi connectivity index (χ3v) is 2.95. The molecular formula is C14H30O2. The second kappa shape index (κ2) is 10.1. The highest BCUT2D eigenvalue weighted by molar-refractivity contribution is 4.59. The van der Waals surface area contributed by atoms with Crippen LogP contribution in [-0.4, -0.2) is 24.4 Å². The molecule has 2 unspecified atom stereocenters. The minimum absolute atomic E-state index is 0.288. The van der Waals surface area contributed by atoms with Gasteiger partial charge < -0.3 is 9.84 Å². The normalized spacial score (nSPS) is 15.4. The lowest BCUT2D eigenvalue weighted by atomic mass is 10.0. The van der Waals surface area contributed by atoms with Crippen LogP contribution in [0.4, 0.5) is 0 Å². The van der Waals surface area contributed by atoms with Gasteiger partial charge in [-0.1, -0.05) is 47.0 Å². The second-order valence-electron chi connectivity index (χ2n) is 5.24. The van der Waals surface area contributed by atoms with Crippen molar-refractivity contribution in [1.82, 2.24) is 0 Å². The van der Waals surface area contributed by atoms with Crippen LogP contribution in [0, 0.1) is 11.8 Å². The highest BCUT2D eigenvalue weighted by Crippen LogP contribution is 2.13. The smallest absolute Gasteiger partial charge is 0.0776 e. The van der Waals surface area contributed by atoms with E-state index < -0.39 is 0 Å². The van der Waals surface area contributed by atoms with Gasteiger partial charge in [0.05, 0.1) is 12.7 Å². The predicted octanol–water partition coefficient (Wildman–Crippen LogP) is 3.63. The van der Waals surface area contributed by atoms with Gasteiger partial charge in [-0.05, 0) is 24.7 Å². The Hall–Kier alpha value is -0.0800. The molecule has 0 amide bonds. The van der Waals surface area contributed by atoms with Crippen molar-refractivity contribution in [3.8, 4) is 0 Å². The molecular weight excluding hydrogens is 200 g/mol. The molecule has 2 heteroatoms. The van der Waals surface area contributed by atoms with Crippen molar-refractivity contribution < 1.29 is 9.84 Å². The maximum Gasteiger partial charge on any atom is 0.0776 e. The molecule has 2 atom stereocenters. The highest BCUT2D eigenvalue weighted by Gasteiger charge is 2.10. The minimum Gasteiger partial charge on any atom is -0.391 e. The average Bonchev–Trinajstić information content (AvgIpc) is 2.22. The lowest BCUT2D eigenvalue weighted by Gasteiger charge is -2.17. The fourth-order valence-corrected chi connectivity index (χ4v) is 1.88. The van der Waals surface area contributed by atoms with Gasteiger partial charge in [-0.2, -0.15) is 0 Å². The van der Waals surface area contributed by atoms with E-state index >= 15 is 0 Å². The van der Waals surface area contributed by atoms with Gasteiger partial charge in [-0.3, -0.25) is 0 Å². The van der Waals surface area contributed by atoms with Crippen molar-refractivity contribution in [1.29, 1.82) is 0 Å². The molecule has 0 saturated heterocycles. The van der Waals surface area contributed by atoms with Crippen molar-refractivity contribution in [3.63, 3.8) is 0 Å². The van der Waals surface area contributed by atoms with Gasteiger partial charge in [0.15, 0.2) is 0 Å². The zero-order valence-electron chi connectivity index (χ0n) is 11.5. The van der Waals surface area contributed by atoms with Crippen LogP contribution in [0.15, 0.2) is 0 Å². The van der Waals surface area contributed by atoms with E-state index in [1.807, 2.05) is 0 Å². The molecule has 0 aromatic heterocycles. The van der Waals surface area contributed by atoms with Gasteiger partial charge in [0.1, 0.15) is 0 Å². The molecule has 0 aliphatic heterocycles. The fourth-order valence-electron chi connectivity index (χ4n) is 1.88. The summed E-state index contributed by atoms with van der Waals surface area (Å²) in [5, 5.41) is 9.66. The Bertz CT molecular complexity index is 146. The lowest BCUT2D eigenvalue weighted by Crippen LogP contribution is -2.20. The van der Waals surface area contributed by atoms with Gasteiger partial charge >= 0.3 is 0 Å². The van der Waals surface area contributed by atoms with Crippen LogP contribution in [0.25, 0.3) is 0 Å². The number of rotatable bonds is 10. The molecule has 0 aliphatic rings. The lowest BCUT2D eigenvalue weighted by molar-refractivity contribution is 0.0105. The molecule has 0 bridgehead atoms. The highest BCUT2D eigenvalue weighted by atomic mass is 16.5. The Kier molecular flexibility index (Phi) is 10.0. The van der Waals surface area contributed by atoms with Crippen molar-refractivity contribution >= 4 is 0 Å². The first-order valence-corrected chi connectivity index (χ1v) is 6.85. The van der Waals surface area contributed by atoms with Crippen LogP contribution in [0.1, 0.15) is 59.8 Å². The van der Waals surface area contributed by atoms with Gasteiger partial charge in [0.25, 0.3) is 0 Å². The summed E-state index contributed by atoms with van der Waals surface area (Å²) in [5.74, 6) is 1.21. The first-order chi connectivity index (χ1) is 7.60. The maximum absolute atomic E-state index is 9.66. The Morgan fingerprint density at radius 1 is 1.12 bits per heavy atom. The van der Waals surface area contributed by atoms with Crippen molar-refractivity contribution in [2.45, 2.75) is 65.9 Å². The molecule has 2 nitrogen and oxygen atoms in total. The fraction of sp³-hybridized carbons (Fsp3) is 1.00. The van der Waals surface area contributed by atoms with Crippen molar-refractivity contribution in [3.05, 3.63) is 0 Å². The third-order valence-electron chi connectivity index (χ3n) is 2.95. The van der Waals surface area contributed by atoms with Crippen LogP contribution in [0.3, 0.4) is 0 Å². The molecule has 1 N–H and O–H groups in total. The number of aliphatic hydroxyl groups excluding tert-OH is 1. The molecule has 0 saturated carbocycles. The standard InChI is InChI=1S/C14H30O2/c1-5-7-8-13(6-2)10-16-11-14(15)9-12(3)4/h12-15H,5-11H2,1-4H3. The zero-order valence-corrected chi connectivity index (χ0v) is 11.5. The molecule has 0 spiro atoms. The van der Waals surface area contributed by atoms with Crippen LogP contribution in [-0.2, 0) is 4.74 Å². The molecule has 98 valence electrons. The Balaban J connectivity index is 3.53. The Morgan fingerprint density at radius 2 is 1.81 bits per heavy atom. The third kappa shape index (κ3) is 9.17. The summed E-state index contributed by atoms with van der Waals surface area (Å²) in [4.78, 5) is 0. The van der Waals surface area contributed by atoms with E-state index in [2.05, 4.69) is 27.7 Å². The first-order valence-electron chi connectivity index (χ1n) is 6.85. The molecule has 16 heavy (non-hydrogen) atoms. The van der Waals surface area contributed by atoms with E-state index in [1.165, 1.54) is 25.7 Å². The van der Waals surface area contributed by atoms with Crippen LogP contribution >= 0.6 is 0 Å². The van der Waals surface area contributed by atoms with E-state index in [-0.39, 0.29) is 6.10 Å². The predicted molar refractivity (Wildman–Crippen MR) is 69.6 cm³/mol. The number of hydrogen-bond acceptors (Lipinski definition) is 2. The summed E-state index contributed by atoms with van der Waals surface area (Å²) in [6, 6.07) is 0. The Morgan fingerprint density at radius 3 is 2.31 bits per heavy atom. The van der Waals surface area contributed by atoms with E-state index in [1.54, 1.807) is 0 Å². The Labute approximate surface area is 101 Å². The minimum atomic E-state index is -0.288. The zero-order chi connectivity index (χ0) is 12.4. The molecule has 0 fully saturated rings. The summed E-state index contributed by atoms with van der Waals surface area (Å²) in [5.41, 5.74) is 0. The van der Waals surface area contributed by atoms with Crippen molar-refractivity contribution in [2.24, 2.45) is 11.8 Å². The quantitative estimate of drug-likeness (QED) is 0.621. The summed E-state index contributed by atoms with van der Waals surface area (Å²) in [6.07, 6.45) is 5.53. The summed E-state index contributed by atoms with van der Waals surface area (Å²) >= 11 is 0. The van der Waals surface area contributed by atoms with Gasteiger partial charge in [-0.25, -0.2) is 0 Å². The molecule has 0 rings (SSSR count). The molecule has 0 heterocycles. The van der Waals surface area contributed by atoms with Gasteiger partial charge in [0, 0.05) is 6.61 Å². The van der Waals surface area contributed by atoms with Crippen LogP contribution < -0.4 is 0 Å². The summed E-state index contributed by atoms with van der Waals surface area (Å²) in [7, 11) is 0. The van der Waals surface area contributed by atoms with Crippen molar-refractivity contribution in [2.75, 3.05) is 13.2 Å². The van der Waals surface area contributed by atoms with E-state index in [0.717, 1.165) is 13.0 Å². The van der Waals surface area contributed by atoms with Gasteiger partial charge in [0.2, 0.25) is 0 Å². The maximum atomic E-state index is 9.66. The average molecular weight is 230 g/mol. The SMILES string of the molecule is CCCCC(CC)COCC(O)CC(C)C. The van der Waals surface area contributed by atoms with E-state index in [4.69, 9.17) is 4.74 Å². The molecule has 0 radical (unpaired) electrons. The summed E-state index contributed by atoms with van der Waals surface area (Å²) < 4.78 is 5.60.